The first kappa shape index (κ1) is 25.0. The van der Waals surface area contributed by atoms with E-state index in [0.717, 1.165) is 11.3 Å². The van der Waals surface area contributed by atoms with Crippen LogP contribution in [0.15, 0.2) is 70.2 Å². The van der Waals surface area contributed by atoms with E-state index >= 15 is 0 Å². The second-order valence-corrected chi connectivity index (χ2v) is 7.80. The highest BCUT2D eigenvalue weighted by Gasteiger charge is 2.11. The molecule has 0 saturated carbocycles. The summed E-state index contributed by atoms with van der Waals surface area (Å²) in [4.78, 5) is 12.1. The first-order chi connectivity index (χ1) is 16.5. The number of ether oxygens (including phenoxy) is 3. The zero-order valence-electron chi connectivity index (χ0n) is 18.8. The van der Waals surface area contributed by atoms with Crippen LogP contribution in [0.1, 0.15) is 25.0 Å². The maximum absolute atomic E-state index is 13.1. The van der Waals surface area contributed by atoms with Gasteiger partial charge >= 0.3 is 6.03 Å². The van der Waals surface area contributed by atoms with E-state index in [4.69, 9.17) is 14.2 Å². The number of hydrogen-bond acceptors (Lipinski definition) is 5. The molecule has 9 heteroatoms. The molecule has 0 aliphatic carbocycles. The number of urea groups is 1. The minimum atomic E-state index is -0.485. The van der Waals surface area contributed by atoms with Gasteiger partial charge < -0.3 is 19.5 Å². The molecule has 0 unspecified atom stereocenters. The van der Waals surface area contributed by atoms with Gasteiger partial charge in [-0.05, 0) is 83.9 Å². The minimum Gasteiger partial charge on any atom is -0.494 e. The Morgan fingerprint density at radius 3 is 2.32 bits per heavy atom. The van der Waals surface area contributed by atoms with Gasteiger partial charge in [-0.1, -0.05) is 12.1 Å². The van der Waals surface area contributed by atoms with E-state index in [1.807, 2.05) is 13.8 Å². The molecule has 3 aromatic rings. The number of carbonyl (C=O) groups is 1. The fourth-order valence-electron chi connectivity index (χ4n) is 2.89. The number of rotatable bonds is 10. The molecule has 0 spiro atoms. The van der Waals surface area contributed by atoms with Gasteiger partial charge in [-0.2, -0.15) is 5.10 Å². The van der Waals surface area contributed by atoms with Crippen LogP contribution in [0.4, 0.5) is 14.9 Å². The van der Waals surface area contributed by atoms with E-state index in [-0.39, 0.29) is 12.4 Å². The lowest BCUT2D eigenvalue weighted by molar-refractivity contribution is 0.252. The summed E-state index contributed by atoms with van der Waals surface area (Å²) in [6.45, 7) is 5.04. The monoisotopic (exact) mass is 529 g/mol. The Balaban J connectivity index is 1.62. The summed E-state index contributed by atoms with van der Waals surface area (Å²) in [6, 6.07) is 16.1. The van der Waals surface area contributed by atoms with Gasteiger partial charge in [0.25, 0.3) is 0 Å². The SMILES string of the molecule is CCOc1ccc(NC(=O)N/N=C\c2cc(OCC)c(OCc3ccc(F)cc3)cc2Br)cc1. The summed E-state index contributed by atoms with van der Waals surface area (Å²) >= 11 is 3.49. The predicted octanol–water partition coefficient (Wildman–Crippen LogP) is 6.12. The molecule has 3 aromatic carbocycles. The van der Waals surface area contributed by atoms with E-state index in [1.54, 1.807) is 48.5 Å². The summed E-state index contributed by atoms with van der Waals surface area (Å²) in [5.74, 6) is 1.47. The van der Waals surface area contributed by atoms with Crippen LogP contribution in [-0.4, -0.2) is 25.5 Å². The molecule has 7 nitrogen and oxygen atoms in total. The van der Waals surface area contributed by atoms with Crippen molar-refractivity contribution in [3.05, 3.63) is 82.1 Å². The molecule has 0 bridgehead atoms. The topological polar surface area (TPSA) is 81.2 Å². The van der Waals surface area contributed by atoms with E-state index < -0.39 is 6.03 Å². The summed E-state index contributed by atoms with van der Waals surface area (Å²) in [5, 5.41) is 6.69. The third-order valence-corrected chi connectivity index (χ3v) is 5.15. The van der Waals surface area contributed by atoms with Crippen molar-refractivity contribution in [3.8, 4) is 17.2 Å². The Hall–Kier alpha value is -3.59. The second kappa shape index (κ2) is 12.6. The summed E-state index contributed by atoms with van der Waals surface area (Å²) in [5.41, 5.74) is 4.55. The Morgan fingerprint density at radius 1 is 0.971 bits per heavy atom. The fraction of sp³-hybridized carbons (Fsp3) is 0.200. The van der Waals surface area contributed by atoms with Gasteiger partial charge in [0.15, 0.2) is 11.5 Å². The van der Waals surface area contributed by atoms with Gasteiger partial charge in [-0.15, -0.1) is 0 Å². The maximum atomic E-state index is 13.1. The lowest BCUT2D eigenvalue weighted by Crippen LogP contribution is -2.24. The molecule has 0 fully saturated rings. The molecule has 0 saturated heterocycles. The van der Waals surface area contributed by atoms with Crippen LogP contribution in [-0.2, 0) is 6.61 Å². The molecule has 0 aromatic heterocycles. The smallest absolute Gasteiger partial charge is 0.339 e. The summed E-state index contributed by atoms with van der Waals surface area (Å²) < 4.78 is 30.7. The molecule has 0 aliphatic heterocycles. The number of halogens is 2. The molecule has 0 heterocycles. The number of hydrogen-bond donors (Lipinski definition) is 2. The fourth-order valence-corrected chi connectivity index (χ4v) is 3.32. The Bertz CT molecular complexity index is 1120. The van der Waals surface area contributed by atoms with Gasteiger partial charge in [-0.3, -0.25) is 0 Å². The van der Waals surface area contributed by atoms with Crippen molar-refractivity contribution in [2.24, 2.45) is 5.10 Å². The highest BCUT2D eigenvalue weighted by Crippen LogP contribution is 2.34. The first-order valence-corrected chi connectivity index (χ1v) is 11.4. The van der Waals surface area contributed by atoms with E-state index in [2.05, 4.69) is 31.8 Å². The number of carbonyl (C=O) groups excluding carboxylic acids is 1. The van der Waals surface area contributed by atoms with Crippen LogP contribution in [0, 0.1) is 5.82 Å². The lowest BCUT2D eigenvalue weighted by Gasteiger charge is -2.14. The summed E-state index contributed by atoms with van der Waals surface area (Å²) in [6.07, 6.45) is 1.49. The number of nitrogens with one attached hydrogen (secondary N) is 2. The molecule has 2 amide bonds. The number of anilines is 1. The minimum absolute atomic E-state index is 0.257. The average molecular weight is 530 g/mol. The van der Waals surface area contributed by atoms with Crippen molar-refractivity contribution in [2.45, 2.75) is 20.5 Å². The molecule has 178 valence electrons. The predicted molar refractivity (Wildman–Crippen MR) is 133 cm³/mol. The van der Waals surface area contributed by atoms with Crippen LogP contribution in [0.25, 0.3) is 0 Å². The first-order valence-electron chi connectivity index (χ1n) is 10.6. The number of benzene rings is 3. The number of amides is 2. The van der Waals surface area contributed by atoms with Gasteiger partial charge in [0.1, 0.15) is 18.2 Å². The Labute approximate surface area is 206 Å². The van der Waals surface area contributed by atoms with Gasteiger partial charge in [0.2, 0.25) is 0 Å². The molecular weight excluding hydrogens is 505 g/mol. The molecule has 0 atom stereocenters. The quantitative estimate of drug-likeness (QED) is 0.245. The van der Waals surface area contributed by atoms with Gasteiger partial charge in [0.05, 0.1) is 19.4 Å². The molecule has 0 aliphatic rings. The second-order valence-electron chi connectivity index (χ2n) is 6.95. The molecule has 3 rings (SSSR count). The molecular formula is C25H25BrFN3O4. The standard InChI is InChI=1S/C25H25BrFN3O4/c1-3-32-21-11-9-20(10-12-21)29-25(31)30-28-15-18-13-23(33-4-2)24(14-22(18)26)34-16-17-5-7-19(27)8-6-17/h5-15H,3-4,16H2,1-2H3,(H2,29,30,31)/b28-15-. The third-order valence-electron chi connectivity index (χ3n) is 4.46. The molecule has 0 radical (unpaired) electrons. The molecule has 34 heavy (non-hydrogen) atoms. The maximum Gasteiger partial charge on any atom is 0.339 e. The normalized spacial score (nSPS) is 10.7. The number of hydrazone groups is 1. The van der Waals surface area contributed by atoms with Crippen molar-refractivity contribution in [3.63, 3.8) is 0 Å². The van der Waals surface area contributed by atoms with Crippen LogP contribution >= 0.6 is 15.9 Å². The van der Waals surface area contributed by atoms with Crippen molar-refractivity contribution in [1.82, 2.24) is 5.43 Å². The highest BCUT2D eigenvalue weighted by atomic mass is 79.9. The van der Waals surface area contributed by atoms with Crippen LogP contribution in [0.2, 0.25) is 0 Å². The van der Waals surface area contributed by atoms with Crippen molar-refractivity contribution < 1.29 is 23.4 Å². The third kappa shape index (κ3) is 7.48. The van der Waals surface area contributed by atoms with E-state index in [9.17, 15) is 9.18 Å². The lowest BCUT2D eigenvalue weighted by atomic mass is 10.2. The molecule has 2 N–H and O–H groups in total. The van der Waals surface area contributed by atoms with Gasteiger partial charge in [-0.25, -0.2) is 14.6 Å². The summed E-state index contributed by atoms with van der Waals surface area (Å²) in [7, 11) is 0. The van der Waals surface area contributed by atoms with E-state index in [0.29, 0.717) is 40.4 Å². The zero-order valence-corrected chi connectivity index (χ0v) is 20.4. The van der Waals surface area contributed by atoms with Crippen LogP contribution in [0.3, 0.4) is 0 Å². The van der Waals surface area contributed by atoms with Crippen molar-refractivity contribution in [2.75, 3.05) is 18.5 Å². The highest BCUT2D eigenvalue weighted by molar-refractivity contribution is 9.10. The van der Waals surface area contributed by atoms with Crippen LogP contribution < -0.4 is 25.0 Å². The Morgan fingerprint density at radius 2 is 1.65 bits per heavy atom. The Kier molecular flexibility index (Phi) is 9.28. The zero-order chi connectivity index (χ0) is 24.3. The van der Waals surface area contributed by atoms with Crippen LogP contribution in [0.5, 0.6) is 17.2 Å². The van der Waals surface area contributed by atoms with Gasteiger partial charge in [0, 0.05) is 15.7 Å². The number of nitrogens with zero attached hydrogens (tertiary/aromatic N) is 1. The van der Waals surface area contributed by atoms with Crippen molar-refractivity contribution >= 4 is 33.9 Å². The van der Waals surface area contributed by atoms with Crippen molar-refractivity contribution in [1.29, 1.82) is 0 Å². The van der Waals surface area contributed by atoms with E-state index in [1.165, 1.54) is 18.3 Å². The average Bonchev–Trinajstić information content (AvgIpc) is 2.82. The largest absolute Gasteiger partial charge is 0.494 e.